The number of rotatable bonds is 12. The lowest BCUT2D eigenvalue weighted by molar-refractivity contribution is -0.129. The van der Waals surface area contributed by atoms with Gasteiger partial charge in [0.05, 0.1) is 22.6 Å². The lowest BCUT2D eigenvalue weighted by Crippen LogP contribution is -2.29. The van der Waals surface area contributed by atoms with E-state index >= 15 is 0 Å². The van der Waals surface area contributed by atoms with Crippen LogP contribution in [-0.4, -0.2) is 22.0 Å². The number of unbranched alkanes of at least 4 members (excludes halogenated alkanes) is 2. The summed E-state index contributed by atoms with van der Waals surface area (Å²) in [6.07, 6.45) is 4.49. The smallest absolute Gasteiger partial charge is 0.243 e. The maximum atomic E-state index is 13.1. The number of halogens is 1. The molecule has 7 nitrogen and oxygen atoms in total. The van der Waals surface area contributed by atoms with Crippen LogP contribution in [0.3, 0.4) is 0 Å². The van der Waals surface area contributed by atoms with Crippen molar-refractivity contribution in [2.75, 3.05) is 10.2 Å². The second kappa shape index (κ2) is 13.1. The number of aromatic nitrogens is 1. The van der Waals surface area contributed by atoms with E-state index in [9.17, 15) is 9.59 Å². The Morgan fingerprint density at radius 3 is 2.45 bits per heavy atom. The van der Waals surface area contributed by atoms with Gasteiger partial charge in [0.15, 0.2) is 0 Å². The van der Waals surface area contributed by atoms with Crippen molar-refractivity contribution in [2.24, 2.45) is 0 Å². The average Bonchev–Trinajstić information content (AvgIpc) is 3.26. The molecular formula is C24H27BrN4O3S. The highest BCUT2D eigenvalue weighted by Gasteiger charge is 2.17. The zero-order valence-corrected chi connectivity index (χ0v) is 20.6. The minimum Gasteiger partial charge on any atom is -0.379 e. The average molecular weight is 531 g/mol. The second-order valence-corrected chi connectivity index (χ2v) is 10.1. The molecular weight excluding hydrogens is 504 g/mol. The van der Waals surface area contributed by atoms with Crippen LogP contribution in [0.25, 0.3) is 0 Å². The molecule has 0 saturated heterocycles. The summed E-state index contributed by atoms with van der Waals surface area (Å²) in [5, 5.41) is 11.9. The van der Waals surface area contributed by atoms with Gasteiger partial charge in [-0.15, -0.1) is 11.3 Å². The van der Waals surface area contributed by atoms with Gasteiger partial charge in [-0.3, -0.25) is 19.8 Å². The summed E-state index contributed by atoms with van der Waals surface area (Å²) >= 11 is 5.10. The van der Waals surface area contributed by atoms with Crippen LogP contribution in [0.15, 0.2) is 64.6 Å². The molecule has 0 fully saturated rings. The van der Waals surface area contributed by atoms with Gasteiger partial charge < -0.3 is 10.2 Å². The number of nitrogens with one attached hydrogen (secondary N) is 2. The van der Waals surface area contributed by atoms with Crippen LogP contribution in [0.1, 0.15) is 42.7 Å². The maximum absolute atomic E-state index is 13.1. The molecule has 0 unspecified atom stereocenters. The quantitative estimate of drug-likeness (QED) is 0.163. The summed E-state index contributed by atoms with van der Waals surface area (Å²) < 4.78 is 1.03. The van der Waals surface area contributed by atoms with E-state index in [4.69, 9.17) is 5.21 Å². The summed E-state index contributed by atoms with van der Waals surface area (Å²) in [4.78, 5) is 31.4. The van der Waals surface area contributed by atoms with Crippen molar-refractivity contribution in [1.29, 1.82) is 0 Å². The highest BCUT2D eigenvalue weighted by atomic mass is 79.9. The standard InChI is InChI=1S/C24H27BrN4O3S/c25-22-14-13-21(33-22)17-29(24(31)8-3-1-2-7-23(30)28-32)20-11-9-18(10-12-20)27-16-19-6-4-5-15-26-19/h4-6,9-15,27,32H,1-3,7-8,16-17H2,(H,28,30). The number of hydrogen-bond donors (Lipinski definition) is 3. The fraction of sp³-hybridized carbons (Fsp3) is 0.292. The minimum atomic E-state index is -0.400. The molecule has 3 rings (SSSR count). The number of carbonyl (C=O) groups excluding carboxylic acids is 2. The Morgan fingerprint density at radius 1 is 1.00 bits per heavy atom. The lowest BCUT2D eigenvalue weighted by Gasteiger charge is -2.23. The Bertz CT molecular complexity index is 1030. The Kier molecular flexibility index (Phi) is 9.86. The van der Waals surface area contributed by atoms with Gasteiger partial charge in [0, 0.05) is 35.3 Å². The number of pyridine rings is 1. The normalized spacial score (nSPS) is 10.6. The monoisotopic (exact) mass is 530 g/mol. The van der Waals surface area contributed by atoms with E-state index in [1.54, 1.807) is 27.9 Å². The van der Waals surface area contributed by atoms with Crippen LogP contribution in [0.2, 0.25) is 0 Å². The van der Waals surface area contributed by atoms with Crippen molar-refractivity contribution in [2.45, 2.75) is 45.2 Å². The first-order valence-electron chi connectivity index (χ1n) is 10.8. The highest BCUT2D eigenvalue weighted by molar-refractivity contribution is 9.11. The molecule has 0 saturated carbocycles. The highest BCUT2D eigenvalue weighted by Crippen LogP contribution is 2.27. The first-order chi connectivity index (χ1) is 16.0. The molecule has 9 heteroatoms. The van der Waals surface area contributed by atoms with E-state index in [-0.39, 0.29) is 12.3 Å². The topological polar surface area (TPSA) is 94.6 Å². The molecule has 3 aromatic rings. The van der Waals surface area contributed by atoms with Crippen LogP contribution in [-0.2, 0) is 22.7 Å². The molecule has 0 bridgehead atoms. The molecule has 3 N–H and O–H groups in total. The molecule has 0 atom stereocenters. The largest absolute Gasteiger partial charge is 0.379 e. The van der Waals surface area contributed by atoms with E-state index in [0.29, 0.717) is 32.4 Å². The number of hydroxylamine groups is 1. The van der Waals surface area contributed by atoms with E-state index in [1.165, 1.54) is 0 Å². The number of nitrogens with zero attached hydrogens (tertiary/aromatic N) is 2. The minimum absolute atomic E-state index is 0.0420. The second-order valence-electron chi connectivity index (χ2n) is 7.50. The van der Waals surface area contributed by atoms with Crippen LogP contribution in [0.4, 0.5) is 11.4 Å². The zero-order chi connectivity index (χ0) is 23.5. The van der Waals surface area contributed by atoms with Gasteiger partial charge in [0.2, 0.25) is 11.8 Å². The van der Waals surface area contributed by atoms with Gasteiger partial charge in [-0.2, -0.15) is 0 Å². The molecule has 2 aromatic heterocycles. The van der Waals surface area contributed by atoms with Crippen molar-refractivity contribution in [1.82, 2.24) is 10.5 Å². The molecule has 2 heterocycles. The van der Waals surface area contributed by atoms with Gasteiger partial charge in [-0.25, -0.2) is 5.48 Å². The first kappa shape index (κ1) is 24.9. The number of amides is 2. The molecule has 33 heavy (non-hydrogen) atoms. The number of benzene rings is 1. The summed E-state index contributed by atoms with van der Waals surface area (Å²) in [7, 11) is 0. The van der Waals surface area contributed by atoms with Crippen molar-refractivity contribution < 1.29 is 14.8 Å². The maximum Gasteiger partial charge on any atom is 0.243 e. The predicted octanol–water partition coefficient (Wildman–Crippen LogP) is 5.51. The Balaban J connectivity index is 1.61. The molecule has 174 valence electrons. The van der Waals surface area contributed by atoms with E-state index in [2.05, 4.69) is 26.2 Å². The SMILES string of the molecule is O=C(CCCCCC(=O)N(Cc1ccc(Br)s1)c1ccc(NCc2ccccn2)cc1)NO. The molecule has 2 amide bonds. The van der Waals surface area contributed by atoms with Crippen molar-refractivity contribution in [3.05, 3.63) is 75.2 Å². The number of carbonyl (C=O) groups is 2. The third-order valence-corrected chi connectivity index (χ3v) is 6.65. The van der Waals surface area contributed by atoms with Crippen LogP contribution in [0, 0.1) is 0 Å². The Labute approximate surface area is 205 Å². The number of hydrogen-bond acceptors (Lipinski definition) is 6. The molecule has 0 spiro atoms. The fourth-order valence-corrected chi connectivity index (χ4v) is 4.77. The molecule has 0 aliphatic carbocycles. The zero-order valence-electron chi connectivity index (χ0n) is 18.2. The van der Waals surface area contributed by atoms with Crippen LogP contribution in [0.5, 0.6) is 0 Å². The summed E-state index contributed by atoms with van der Waals surface area (Å²) in [6, 6.07) is 17.7. The van der Waals surface area contributed by atoms with E-state index in [1.807, 2.05) is 54.6 Å². The molecule has 0 aliphatic rings. The van der Waals surface area contributed by atoms with Crippen LogP contribution >= 0.6 is 27.3 Å². The summed E-state index contributed by atoms with van der Waals surface area (Å²) in [6.45, 7) is 1.13. The van der Waals surface area contributed by atoms with Crippen molar-refractivity contribution >= 4 is 50.5 Å². The van der Waals surface area contributed by atoms with Gasteiger partial charge in [-0.05, 0) is 77.3 Å². The van der Waals surface area contributed by atoms with Gasteiger partial charge in [0.25, 0.3) is 0 Å². The third kappa shape index (κ3) is 8.27. The van der Waals surface area contributed by atoms with Crippen molar-refractivity contribution in [3.63, 3.8) is 0 Å². The summed E-state index contributed by atoms with van der Waals surface area (Å²) in [5.74, 6) is -0.358. The fourth-order valence-electron chi connectivity index (χ4n) is 3.30. The lowest BCUT2D eigenvalue weighted by atomic mass is 10.1. The van der Waals surface area contributed by atoms with E-state index < -0.39 is 5.91 Å². The predicted molar refractivity (Wildman–Crippen MR) is 134 cm³/mol. The third-order valence-electron chi connectivity index (χ3n) is 5.04. The number of thiophene rings is 1. The van der Waals surface area contributed by atoms with E-state index in [0.717, 1.165) is 32.2 Å². The Hall–Kier alpha value is -2.75. The molecule has 0 aliphatic heterocycles. The van der Waals surface area contributed by atoms with Crippen molar-refractivity contribution in [3.8, 4) is 0 Å². The first-order valence-corrected chi connectivity index (χ1v) is 12.4. The van der Waals surface area contributed by atoms with Gasteiger partial charge in [-0.1, -0.05) is 12.5 Å². The van der Waals surface area contributed by atoms with Gasteiger partial charge >= 0.3 is 0 Å². The molecule has 1 aromatic carbocycles. The molecule has 0 radical (unpaired) electrons. The Morgan fingerprint density at radius 2 is 1.79 bits per heavy atom. The van der Waals surface area contributed by atoms with Crippen LogP contribution < -0.4 is 15.7 Å². The van der Waals surface area contributed by atoms with Gasteiger partial charge in [0.1, 0.15) is 0 Å². The number of anilines is 2. The summed E-state index contributed by atoms with van der Waals surface area (Å²) in [5.41, 5.74) is 4.38.